The molecular weight excluding hydrogens is 408 g/mol. The smallest absolute Gasteiger partial charge is 0.248 e. The lowest BCUT2D eigenvalue weighted by atomic mass is 10.1. The molecule has 1 amide bonds. The predicted molar refractivity (Wildman–Crippen MR) is 116 cm³/mol. The molecule has 158 valence electrons. The number of hydrogen-bond acceptors (Lipinski definition) is 6. The van der Waals surface area contributed by atoms with E-state index in [9.17, 15) is 4.79 Å². The average molecular weight is 431 g/mol. The molecule has 8 heteroatoms. The molecule has 0 atom stereocenters. The van der Waals surface area contributed by atoms with Crippen molar-refractivity contribution in [3.63, 3.8) is 0 Å². The first-order chi connectivity index (χ1) is 14.6. The van der Waals surface area contributed by atoms with Gasteiger partial charge in [0.25, 0.3) is 0 Å². The molecule has 1 N–H and O–H groups in total. The number of benzene rings is 2. The Morgan fingerprint density at radius 2 is 1.93 bits per heavy atom. The Bertz CT molecular complexity index is 940. The van der Waals surface area contributed by atoms with E-state index in [1.54, 1.807) is 25.3 Å². The fraction of sp³-hybridized carbons (Fsp3) is 0.318. The average Bonchev–Trinajstić information content (AvgIpc) is 2.78. The number of ether oxygens (including phenoxy) is 4. The van der Waals surface area contributed by atoms with Crippen LogP contribution in [0.5, 0.6) is 17.2 Å². The van der Waals surface area contributed by atoms with Crippen LogP contribution in [0.1, 0.15) is 5.56 Å². The summed E-state index contributed by atoms with van der Waals surface area (Å²) >= 11 is 6.16. The van der Waals surface area contributed by atoms with Gasteiger partial charge in [0.15, 0.2) is 11.5 Å². The van der Waals surface area contributed by atoms with Crippen LogP contribution in [0.3, 0.4) is 0 Å². The number of carbonyl (C=O) groups is 1. The Morgan fingerprint density at radius 1 is 1.13 bits per heavy atom. The highest BCUT2D eigenvalue weighted by molar-refractivity contribution is 6.31. The fourth-order valence-electron chi connectivity index (χ4n) is 3.42. The van der Waals surface area contributed by atoms with Crippen molar-refractivity contribution in [1.82, 2.24) is 0 Å². The van der Waals surface area contributed by atoms with E-state index in [-0.39, 0.29) is 5.91 Å². The first-order valence-electron chi connectivity index (χ1n) is 9.73. The topological polar surface area (TPSA) is 69.3 Å². The van der Waals surface area contributed by atoms with E-state index in [0.29, 0.717) is 54.4 Å². The second-order valence-corrected chi connectivity index (χ2v) is 7.27. The van der Waals surface area contributed by atoms with Gasteiger partial charge in [0.2, 0.25) is 11.7 Å². The summed E-state index contributed by atoms with van der Waals surface area (Å²) in [6, 6.07) is 9.11. The van der Waals surface area contributed by atoms with E-state index in [0.717, 1.165) is 24.3 Å². The molecule has 2 aliphatic rings. The summed E-state index contributed by atoms with van der Waals surface area (Å²) in [6.45, 7) is 3.79. The predicted octanol–water partition coefficient (Wildman–Crippen LogP) is 3.61. The van der Waals surface area contributed by atoms with Crippen molar-refractivity contribution < 1.29 is 23.7 Å². The maximum Gasteiger partial charge on any atom is 0.248 e. The molecule has 0 unspecified atom stereocenters. The van der Waals surface area contributed by atoms with Gasteiger partial charge in [-0.25, -0.2) is 0 Å². The van der Waals surface area contributed by atoms with E-state index in [2.05, 4.69) is 10.2 Å². The molecule has 2 heterocycles. The standard InChI is InChI=1S/C22H23ClN2O5/c1-27-19-12-15(13-20-22(19)30-11-10-29-20)2-5-21(26)24-17-14-16(23)3-4-18(17)25-6-8-28-9-7-25/h2-5,12-14H,6-11H2,1H3,(H,24,26)/b5-2+. The molecule has 7 nitrogen and oxygen atoms in total. The second kappa shape index (κ2) is 9.28. The van der Waals surface area contributed by atoms with Crippen molar-refractivity contribution >= 4 is 35.0 Å². The molecular formula is C22H23ClN2O5. The van der Waals surface area contributed by atoms with Crippen molar-refractivity contribution in [2.75, 3.05) is 56.8 Å². The lowest BCUT2D eigenvalue weighted by Gasteiger charge is -2.30. The van der Waals surface area contributed by atoms with Gasteiger partial charge in [-0.2, -0.15) is 0 Å². The van der Waals surface area contributed by atoms with Crippen LogP contribution in [0.25, 0.3) is 6.08 Å². The lowest BCUT2D eigenvalue weighted by Crippen LogP contribution is -2.36. The Balaban J connectivity index is 1.51. The highest BCUT2D eigenvalue weighted by Crippen LogP contribution is 2.40. The van der Waals surface area contributed by atoms with Crippen molar-refractivity contribution in [2.45, 2.75) is 0 Å². The maximum absolute atomic E-state index is 12.6. The van der Waals surface area contributed by atoms with Gasteiger partial charge in [0.05, 0.1) is 31.7 Å². The minimum Gasteiger partial charge on any atom is -0.493 e. The van der Waals surface area contributed by atoms with Gasteiger partial charge in [0.1, 0.15) is 13.2 Å². The number of fused-ring (bicyclic) bond motifs is 1. The van der Waals surface area contributed by atoms with Crippen molar-refractivity contribution in [1.29, 1.82) is 0 Å². The summed E-state index contributed by atoms with van der Waals surface area (Å²) in [6.07, 6.45) is 3.17. The van der Waals surface area contributed by atoms with Crippen molar-refractivity contribution in [3.8, 4) is 17.2 Å². The summed E-state index contributed by atoms with van der Waals surface area (Å²) < 4.78 is 22.0. The zero-order valence-corrected chi connectivity index (χ0v) is 17.4. The molecule has 2 aromatic carbocycles. The molecule has 0 aliphatic carbocycles. The summed E-state index contributed by atoms with van der Waals surface area (Å²) in [5, 5.41) is 3.49. The van der Waals surface area contributed by atoms with E-state index in [4.69, 9.17) is 30.5 Å². The number of nitrogens with one attached hydrogen (secondary N) is 1. The molecule has 2 aromatic rings. The van der Waals surface area contributed by atoms with E-state index < -0.39 is 0 Å². The summed E-state index contributed by atoms with van der Waals surface area (Å²) in [5.41, 5.74) is 2.36. The lowest BCUT2D eigenvalue weighted by molar-refractivity contribution is -0.111. The normalized spacial score (nSPS) is 15.9. The van der Waals surface area contributed by atoms with Gasteiger partial charge in [-0.05, 0) is 42.0 Å². The second-order valence-electron chi connectivity index (χ2n) is 6.83. The molecule has 0 radical (unpaired) electrons. The van der Waals surface area contributed by atoms with E-state index in [1.165, 1.54) is 6.08 Å². The monoisotopic (exact) mass is 430 g/mol. The van der Waals surface area contributed by atoms with Gasteiger partial charge in [-0.15, -0.1) is 0 Å². The maximum atomic E-state index is 12.6. The van der Waals surface area contributed by atoms with Gasteiger partial charge < -0.3 is 29.2 Å². The highest BCUT2D eigenvalue weighted by atomic mass is 35.5. The third-order valence-corrected chi connectivity index (χ3v) is 5.08. The third-order valence-electron chi connectivity index (χ3n) is 4.85. The molecule has 0 bridgehead atoms. The Labute approximate surface area is 180 Å². The van der Waals surface area contributed by atoms with Crippen molar-refractivity contribution in [3.05, 3.63) is 47.0 Å². The van der Waals surface area contributed by atoms with Gasteiger partial charge in [-0.3, -0.25) is 4.79 Å². The number of anilines is 2. The molecule has 1 saturated heterocycles. The number of morpholine rings is 1. The number of carbonyl (C=O) groups excluding carboxylic acids is 1. The summed E-state index contributed by atoms with van der Waals surface area (Å²) in [7, 11) is 1.57. The SMILES string of the molecule is COc1cc(/C=C/C(=O)Nc2cc(Cl)ccc2N2CCOCC2)cc2c1OCCO2. The molecule has 0 spiro atoms. The Hall–Kier alpha value is -2.90. The fourth-order valence-corrected chi connectivity index (χ4v) is 3.60. The zero-order chi connectivity index (χ0) is 20.9. The molecule has 30 heavy (non-hydrogen) atoms. The first kappa shape index (κ1) is 20.4. The highest BCUT2D eigenvalue weighted by Gasteiger charge is 2.18. The third kappa shape index (κ3) is 4.63. The van der Waals surface area contributed by atoms with Gasteiger partial charge in [-0.1, -0.05) is 11.6 Å². The number of rotatable bonds is 5. The minimum absolute atomic E-state index is 0.263. The molecule has 4 rings (SSSR count). The van der Waals surface area contributed by atoms with E-state index >= 15 is 0 Å². The largest absolute Gasteiger partial charge is 0.493 e. The zero-order valence-electron chi connectivity index (χ0n) is 16.7. The number of halogens is 1. The Morgan fingerprint density at radius 3 is 2.73 bits per heavy atom. The van der Waals surface area contributed by atoms with Gasteiger partial charge in [0, 0.05) is 24.2 Å². The van der Waals surface area contributed by atoms with Crippen LogP contribution in [0.15, 0.2) is 36.4 Å². The van der Waals surface area contributed by atoms with Crippen LogP contribution in [-0.2, 0) is 9.53 Å². The van der Waals surface area contributed by atoms with Crippen LogP contribution in [-0.4, -0.2) is 52.5 Å². The summed E-state index contributed by atoms with van der Waals surface area (Å²) in [4.78, 5) is 14.8. The quantitative estimate of drug-likeness (QED) is 0.731. The minimum atomic E-state index is -0.263. The molecule has 0 aromatic heterocycles. The first-order valence-corrected chi connectivity index (χ1v) is 10.1. The van der Waals surface area contributed by atoms with Crippen LogP contribution >= 0.6 is 11.6 Å². The molecule has 1 fully saturated rings. The van der Waals surface area contributed by atoms with Crippen LogP contribution in [0.2, 0.25) is 5.02 Å². The molecule has 0 saturated carbocycles. The number of nitrogens with zero attached hydrogens (tertiary/aromatic N) is 1. The van der Waals surface area contributed by atoms with Gasteiger partial charge >= 0.3 is 0 Å². The van der Waals surface area contributed by atoms with Crippen molar-refractivity contribution in [2.24, 2.45) is 0 Å². The Kier molecular flexibility index (Phi) is 6.30. The molecule has 2 aliphatic heterocycles. The number of hydrogen-bond donors (Lipinski definition) is 1. The van der Waals surface area contributed by atoms with E-state index in [1.807, 2.05) is 18.2 Å². The van der Waals surface area contributed by atoms with Crippen LogP contribution in [0, 0.1) is 0 Å². The number of amides is 1. The summed E-state index contributed by atoms with van der Waals surface area (Å²) in [5.74, 6) is 1.49. The van der Waals surface area contributed by atoms with Crippen LogP contribution < -0.4 is 24.4 Å². The van der Waals surface area contributed by atoms with Crippen LogP contribution in [0.4, 0.5) is 11.4 Å². The number of methoxy groups -OCH3 is 1.